The summed E-state index contributed by atoms with van der Waals surface area (Å²) in [5.41, 5.74) is 1.84. The van der Waals surface area contributed by atoms with Gasteiger partial charge in [0, 0.05) is 9.86 Å². The number of benzene rings is 3. The summed E-state index contributed by atoms with van der Waals surface area (Å²) in [5.74, 6) is 1.53. The molecule has 36 heavy (non-hydrogen) atoms. The first kappa shape index (κ1) is 24.5. The molecule has 0 amide bonds. The van der Waals surface area contributed by atoms with Crippen LogP contribution in [0.2, 0.25) is 0 Å². The maximum atomic E-state index is 13.4. The van der Waals surface area contributed by atoms with Gasteiger partial charge in [0.15, 0.2) is 5.76 Å². The zero-order valence-electron chi connectivity index (χ0n) is 20.0. The minimum absolute atomic E-state index is 0.0486. The van der Waals surface area contributed by atoms with E-state index in [0.29, 0.717) is 34.7 Å². The van der Waals surface area contributed by atoms with E-state index >= 15 is 0 Å². The van der Waals surface area contributed by atoms with Crippen LogP contribution in [0.1, 0.15) is 26.3 Å². The first-order valence-electron chi connectivity index (χ1n) is 11.4. The van der Waals surface area contributed by atoms with Crippen LogP contribution in [0.25, 0.3) is 33.5 Å². The molecule has 0 atom stereocenters. The van der Waals surface area contributed by atoms with E-state index in [2.05, 4.69) is 57.7 Å². The van der Waals surface area contributed by atoms with Crippen molar-refractivity contribution in [3.8, 4) is 17.3 Å². The first-order valence-corrected chi connectivity index (χ1v) is 12.9. The summed E-state index contributed by atoms with van der Waals surface area (Å²) in [5, 5.41) is 5.90. The van der Waals surface area contributed by atoms with Gasteiger partial charge in [0.1, 0.15) is 11.3 Å². The first-order chi connectivity index (χ1) is 17.2. The van der Waals surface area contributed by atoms with Crippen LogP contribution in [-0.2, 0) is 0 Å². The standard InChI is InChI=1S/C28H23Br2N3O3/c1-28(2,3)16-35-24-10-8-17(12-21(24)30)15-31-33-26(32-22-7-5-4-6-20(22)27(33)34)25-14-18-13-19(29)9-11-23(18)36-25/h4-15H,16H2,1-3H3. The topological polar surface area (TPSA) is 69.6 Å². The highest BCUT2D eigenvalue weighted by Crippen LogP contribution is 2.30. The average Bonchev–Trinajstić information content (AvgIpc) is 3.25. The Hall–Kier alpha value is -3.23. The molecule has 0 fully saturated rings. The van der Waals surface area contributed by atoms with Gasteiger partial charge >= 0.3 is 0 Å². The summed E-state index contributed by atoms with van der Waals surface area (Å²) in [7, 11) is 0. The molecule has 182 valence electrons. The molecule has 0 spiro atoms. The molecular formula is C28H23Br2N3O3. The molecule has 2 heterocycles. The second kappa shape index (κ2) is 9.67. The fraction of sp³-hybridized carbons (Fsp3) is 0.179. The molecule has 0 saturated carbocycles. The Kier molecular flexibility index (Phi) is 6.57. The Morgan fingerprint density at radius 2 is 1.86 bits per heavy atom. The Morgan fingerprint density at radius 3 is 2.64 bits per heavy atom. The second-order valence-electron chi connectivity index (χ2n) is 9.65. The van der Waals surface area contributed by atoms with E-state index in [1.165, 1.54) is 4.68 Å². The van der Waals surface area contributed by atoms with Crippen LogP contribution in [0.3, 0.4) is 0 Å². The van der Waals surface area contributed by atoms with E-state index in [1.54, 1.807) is 18.3 Å². The monoisotopic (exact) mass is 607 g/mol. The van der Waals surface area contributed by atoms with Gasteiger partial charge in [0.25, 0.3) is 5.56 Å². The van der Waals surface area contributed by atoms with Crippen molar-refractivity contribution in [2.45, 2.75) is 20.8 Å². The quantitative estimate of drug-likeness (QED) is 0.192. The van der Waals surface area contributed by atoms with Crippen LogP contribution in [0, 0.1) is 5.41 Å². The Morgan fingerprint density at radius 1 is 1.06 bits per heavy atom. The molecule has 3 aromatic carbocycles. The predicted octanol–water partition coefficient (Wildman–Crippen LogP) is 7.64. The highest BCUT2D eigenvalue weighted by molar-refractivity contribution is 9.10. The van der Waals surface area contributed by atoms with E-state index in [9.17, 15) is 4.79 Å². The summed E-state index contributed by atoms with van der Waals surface area (Å²) < 4.78 is 15.0. The van der Waals surface area contributed by atoms with Gasteiger partial charge in [-0.3, -0.25) is 4.79 Å². The molecule has 5 aromatic rings. The summed E-state index contributed by atoms with van der Waals surface area (Å²) >= 11 is 7.07. The van der Waals surface area contributed by atoms with Crippen molar-refractivity contribution in [1.82, 2.24) is 9.66 Å². The van der Waals surface area contributed by atoms with E-state index in [0.717, 1.165) is 25.6 Å². The van der Waals surface area contributed by atoms with Crippen LogP contribution in [-0.4, -0.2) is 22.5 Å². The third-order valence-corrected chi connectivity index (χ3v) is 6.50. The molecule has 0 unspecified atom stereocenters. The minimum atomic E-state index is -0.280. The largest absolute Gasteiger partial charge is 0.492 e. The zero-order valence-corrected chi connectivity index (χ0v) is 23.1. The molecule has 0 N–H and O–H groups in total. The molecule has 8 heteroatoms. The SMILES string of the molecule is CC(C)(C)COc1ccc(C=Nn2c(-c3cc4cc(Br)ccc4o3)nc3ccccc3c2=O)cc1Br. The molecular weight excluding hydrogens is 586 g/mol. The molecule has 0 bridgehead atoms. The van der Waals surface area contributed by atoms with Crippen LogP contribution < -0.4 is 10.3 Å². The normalized spacial score (nSPS) is 12.1. The molecule has 6 nitrogen and oxygen atoms in total. The molecule has 2 aromatic heterocycles. The lowest BCUT2D eigenvalue weighted by molar-refractivity contribution is 0.197. The van der Waals surface area contributed by atoms with Gasteiger partial charge in [-0.05, 0) is 81.5 Å². The van der Waals surface area contributed by atoms with E-state index in [-0.39, 0.29) is 11.0 Å². The number of hydrogen-bond donors (Lipinski definition) is 0. The van der Waals surface area contributed by atoms with Gasteiger partial charge in [-0.1, -0.05) is 48.8 Å². The van der Waals surface area contributed by atoms with Gasteiger partial charge in [0.2, 0.25) is 5.82 Å². The van der Waals surface area contributed by atoms with Crippen molar-refractivity contribution in [3.63, 3.8) is 0 Å². The minimum Gasteiger partial charge on any atom is -0.492 e. The number of para-hydroxylation sites is 1. The Labute approximate surface area is 224 Å². The van der Waals surface area contributed by atoms with Crippen LogP contribution >= 0.6 is 31.9 Å². The van der Waals surface area contributed by atoms with E-state index < -0.39 is 0 Å². The summed E-state index contributed by atoms with van der Waals surface area (Å²) in [6.07, 6.45) is 1.62. The fourth-order valence-electron chi connectivity index (χ4n) is 3.65. The molecule has 0 aliphatic heterocycles. The average molecular weight is 609 g/mol. The third-order valence-electron chi connectivity index (χ3n) is 5.39. The van der Waals surface area contributed by atoms with Crippen LogP contribution in [0.15, 0.2) is 90.0 Å². The molecule has 0 radical (unpaired) electrons. The lowest BCUT2D eigenvalue weighted by atomic mass is 9.99. The molecule has 0 saturated heterocycles. The predicted molar refractivity (Wildman–Crippen MR) is 151 cm³/mol. The van der Waals surface area contributed by atoms with Crippen LogP contribution in [0.4, 0.5) is 0 Å². The number of aromatic nitrogens is 2. The van der Waals surface area contributed by atoms with Crippen molar-refractivity contribution >= 4 is 59.9 Å². The fourth-order valence-corrected chi connectivity index (χ4v) is 4.54. The summed E-state index contributed by atoms with van der Waals surface area (Å²) in [6.45, 7) is 6.95. The van der Waals surface area contributed by atoms with E-state index in [4.69, 9.17) is 14.1 Å². The maximum absolute atomic E-state index is 13.4. The highest BCUT2D eigenvalue weighted by Gasteiger charge is 2.17. The van der Waals surface area contributed by atoms with Gasteiger partial charge in [-0.25, -0.2) is 4.98 Å². The maximum Gasteiger partial charge on any atom is 0.282 e. The van der Waals surface area contributed by atoms with Crippen molar-refractivity contribution < 1.29 is 9.15 Å². The summed E-state index contributed by atoms with van der Waals surface area (Å²) in [6, 6.07) is 20.5. The lowest BCUT2D eigenvalue weighted by Gasteiger charge is -2.19. The number of hydrogen-bond acceptors (Lipinski definition) is 5. The lowest BCUT2D eigenvalue weighted by Crippen LogP contribution is -2.20. The number of halogens is 2. The summed E-state index contributed by atoms with van der Waals surface area (Å²) in [4.78, 5) is 18.2. The van der Waals surface area contributed by atoms with Gasteiger partial charge in [-0.2, -0.15) is 9.78 Å². The number of fused-ring (bicyclic) bond motifs is 2. The van der Waals surface area contributed by atoms with Crippen molar-refractivity contribution in [1.29, 1.82) is 0 Å². The van der Waals surface area contributed by atoms with Gasteiger partial charge < -0.3 is 9.15 Å². The second-order valence-corrected chi connectivity index (χ2v) is 11.4. The highest BCUT2D eigenvalue weighted by atomic mass is 79.9. The van der Waals surface area contributed by atoms with E-state index in [1.807, 2.05) is 54.6 Å². The number of nitrogens with zero attached hydrogens (tertiary/aromatic N) is 3. The van der Waals surface area contributed by atoms with Crippen LogP contribution in [0.5, 0.6) is 5.75 Å². The molecule has 0 aliphatic carbocycles. The number of furan rings is 1. The van der Waals surface area contributed by atoms with Crippen molar-refractivity contribution in [2.24, 2.45) is 10.5 Å². The van der Waals surface area contributed by atoms with Crippen molar-refractivity contribution in [3.05, 3.63) is 91.6 Å². The molecule has 0 aliphatic rings. The smallest absolute Gasteiger partial charge is 0.282 e. The molecule has 5 rings (SSSR count). The number of rotatable bonds is 5. The Balaban J connectivity index is 1.57. The van der Waals surface area contributed by atoms with Crippen molar-refractivity contribution in [2.75, 3.05) is 6.61 Å². The number of ether oxygens (including phenoxy) is 1. The van der Waals surface area contributed by atoms with Gasteiger partial charge in [0.05, 0.1) is 28.2 Å². The Bertz CT molecular complexity index is 1680. The zero-order chi connectivity index (χ0) is 25.4. The van der Waals surface area contributed by atoms with Gasteiger partial charge in [-0.15, -0.1) is 0 Å². The third kappa shape index (κ3) is 5.15.